The second kappa shape index (κ2) is 6.01. The van der Waals surface area contributed by atoms with Gasteiger partial charge in [-0.15, -0.1) is 0 Å². The van der Waals surface area contributed by atoms with E-state index in [-0.39, 0.29) is 6.32 Å². The number of aldehydes is 1. The van der Waals surface area contributed by atoms with E-state index in [1.165, 1.54) is 0 Å². The Bertz CT molecular complexity index is 607. The first-order valence-electron chi connectivity index (χ1n) is 5.36. The number of benzene rings is 1. The Balaban J connectivity index is 0.000000495. The molecule has 0 aromatic heterocycles. The van der Waals surface area contributed by atoms with Crippen LogP contribution in [0.15, 0.2) is 23.1 Å². The minimum atomic E-state index is -4.64. The lowest BCUT2D eigenvalue weighted by atomic mass is 10.2. The lowest BCUT2D eigenvalue weighted by Gasteiger charge is -2.11. The highest BCUT2D eigenvalue weighted by atomic mass is 35.7. The molecule has 0 fully saturated rings. The summed E-state index contributed by atoms with van der Waals surface area (Å²) in [5.74, 6) is 0. The Labute approximate surface area is 120 Å². The lowest BCUT2D eigenvalue weighted by molar-refractivity contribution is -0.156. The zero-order chi connectivity index (χ0) is 15.6. The van der Waals surface area contributed by atoms with Crippen molar-refractivity contribution in [1.29, 1.82) is 0 Å². The van der Waals surface area contributed by atoms with E-state index in [2.05, 4.69) is 4.90 Å². The van der Waals surface area contributed by atoms with Gasteiger partial charge in [-0.25, -0.2) is 8.42 Å². The zero-order valence-electron chi connectivity index (χ0n) is 10.3. The fraction of sp³-hybridized carbons (Fsp3) is 0.364. The molecule has 0 saturated heterocycles. The van der Waals surface area contributed by atoms with E-state index in [1.54, 1.807) is 18.2 Å². The van der Waals surface area contributed by atoms with Gasteiger partial charge < -0.3 is 4.90 Å². The number of carbonyl (C=O) groups excluding carboxylic acids is 1. The Morgan fingerprint density at radius 2 is 1.95 bits per heavy atom. The van der Waals surface area contributed by atoms with Crippen LogP contribution in [0, 0.1) is 0 Å². The number of hydrogen-bond donors (Lipinski definition) is 0. The number of alkyl halides is 3. The summed E-state index contributed by atoms with van der Waals surface area (Å²) in [7, 11) is 3.65. The number of rotatable bonds is 1. The van der Waals surface area contributed by atoms with Crippen LogP contribution in [0.5, 0.6) is 0 Å². The maximum Gasteiger partial charge on any atom is 0.446 e. The van der Waals surface area contributed by atoms with Gasteiger partial charge in [0.25, 0.3) is 9.05 Å². The number of fused-ring (bicyclic) bond motifs is 1. The highest BCUT2D eigenvalue weighted by Crippen LogP contribution is 2.29. The Morgan fingerprint density at radius 3 is 2.40 bits per heavy atom. The molecule has 0 bridgehead atoms. The molecule has 1 aromatic carbocycles. The molecule has 1 aliphatic rings. The van der Waals surface area contributed by atoms with Gasteiger partial charge in [0.15, 0.2) is 0 Å². The largest absolute Gasteiger partial charge is 0.446 e. The van der Waals surface area contributed by atoms with Crippen LogP contribution in [-0.4, -0.2) is 34.5 Å². The van der Waals surface area contributed by atoms with Crippen LogP contribution in [0.1, 0.15) is 6.99 Å². The van der Waals surface area contributed by atoms with Crippen LogP contribution < -0.4 is 4.90 Å². The minimum absolute atomic E-state index is 0. The summed E-state index contributed by atoms with van der Waals surface area (Å²) in [6.07, 6.45) is -4.82. The summed E-state index contributed by atoms with van der Waals surface area (Å²) < 4.78 is 53.4. The van der Waals surface area contributed by atoms with Gasteiger partial charge in [0.2, 0.25) is 6.29 Å². The van der Waals surface area contributed by atoms with Crippen LogP contribution in [0.4, 0.5) is 18.9 Å². The van der Waals surface area contributed by atoms with Crippen molar-refractivity contribution in [3.05, 3.63) is 23.8 Å². The van der Waals surface area contributed by atoms with E-state index >= 15 is 0 Å². The summed E-state index contributed by atoms with van der Waals surface area (Å²) in [6, 6.07) is 5.00. The highest BCUT2D eigenvalue weighted by Gasteiger charge is 2.24. The van der Waals surface area contributed by atoms with Crippen LogP contribution >= 0.6 is 10.7 Å². The fourth-order valence-corrected chi connectivity index (χ4v) is 2.50. The normalized spacial score (nSPS) is 14.3. The number of halogens is 4. The molecule has 0 spiro atoms. The molecule has 0 atom stereocenters. The molecule has 2 rings (SSSR count). The molecule has 114 valence electrons. The van der Waals surface area contributed by atoms with Crippen LogP contribution in [0.3, 0.4) is 0 Å². The number of anilines is 1. The SMILES string of the molecule is CN1CCc2cc(S(=O)(=O)Cl)ccc21.O=CC(F)(F)F.[HH]. The highest BCUT2D eigenvalue weighted by molar-refractivity contribution is 8.13. The van der Waals surface area contributed by atoms with Gasteiger partial charge in [-0.05, 0) is 30.2 Å². The van der Waals surface area contributed by atoms with Crippen molar-refractivity contribution < 1.29 is 27.8 Å². The second-order valence-electron chi connectivity index (χ2n) is 4.06. The quantitative estimate of drug-likeness (QED) is 0.586. The van der Waals surface area contributed by atoms with Gasteiger partial charge in [-0.3, -0.25) is 4.79 Å². The molecule has 0 radical (unpaired) electrons. The Morgan fingerprint density at radius 1 is 1.40 bits per heavy atom. The Kier molecular flexibility index (Phi) is 5.04. The first kappa shape index (κ1) is 16.8. The third-order valence-electron chi connectivity index (χ3n) is 2.59. The van der Waals surface area contributed by atoms with Crippen molar-refractivity contribution in [1.82, 2.24) is 0 Å². The van der Waals surface area contributed by atoms with Crippen molar-refractivity contribution in [3.63, 3.8) is 0 Å². The molecule has 0 unspecified atom stereocenters. The third-order valence-corrected chi connectivity index (χ3v) is 3.95. The molecule has 20 heavy (non-hydrogen) atoms. The van der Waals surface area contributed by atoms with E-state index < -0.39 is 21.5 Å². The summed E-state index contributed by atoms with van der Waals surface area (Å²) in [5.41, 5.74) is 2.14. The Hall–Kier alpha value is -1.28. The minimum Gasteiger partial charge on any atom is -0.374 e. The lowest BCUT2D eigenvalue weighted by Crippen LogP contribution is -2.12. The first-order chi connectivity index (χ1) is 9.04. The van der Waals surface area contributed by atoms with Crippen molar-refractivity contribution in [2.45, 2.75) is 17.5 Å². The number of likely N-dealkylation sites (N-methyl/N-ethyl adjacent to an activating group) is 1. The van der Waals surface area contributed by atoms with Crippen molar-refractivity contribution in [2.75, 3.05) is 18.5 Å². The van der Waals surface area contributed by atoms with E-state index in [4.69, 9.17) is 15.5 Å². The third kappa shape index (κ3) is 4.68. The van der Waals surface area contributed by atoms with Gasteiger partial charge in [-0.1, -0.05) is 0 Å². The van der Waals surface area contributed by atoms with Crippen molar-refractivity contribution in [2.24, 2.45) is 0 Å². The average Bonchev–Trinajstić information content (AvgIpc) is 2.70. The van der Waals surface area contributed by atoms with Gasteiger partial charge in [-0.2, -0.15) is 13.2 Å². The second-order valence-corrected chi connectivity index (χ2v) is 6.63. The summed E-state index contributed by atoms with van der Waals surface area (Å²) >= 11 is 0. The average molecular weight is 332 g/mol. The molecule has 4 nitrogen and oxygen atoms in total. The van der Waals surface area contributed by atoms with Gasteiger partial charge >= 0.3 is 6.18 Å². The molecular weight excluding hydrogens is 319 g/mol. The van der Waals surface area contributed by atoms with Gasteiger partial charge in [0.05, 0.1) is 4.90 Å². The molecule has 9 heteroatoms. The molecule has 0 N–H and O–H groups in total. The van der Waals surface area contributed by atoms with Crippen LogP contribution in [0.2, 0.25) is 0 Å². The molecule has 1 aliphatic heterocycles. The summed E-state index contributed by atoms with van der Waals surface area (Å²) in [4.78, 5) is 11.0. The van der Waals surface area contributed by atoms with E-state index in [1.807, 2.05) is 7.05 Å². The molecule has 1 heterocycles. The van der Waals surface area contributed by atoms with Gasteiger partial charge in [0, 0.05) is 31.4 Å². The predicted molar refractivity (Wildman–Crippen MR) is 70.7 cm³/mol. The van der Waals surface area contributed by atoms with Crippen molar-refractivity contribution >= 4 is 31.7 Å². The maximum atomic E-state index is 11.1. The summed E-state index contributed by atoms with van der Waals surface area (Å²) in [6.45, 7) is 0.932. The molecular formula is C11H13ClF3NO3S. The number of hydrogen-bond acceptors (Lipinski definition) is 4. The van der Waals surface area contributed by atoms with Crippen molar-refractivity contribution in [3.8, 4) is 0 Å². The van der Waals surface area contributed by atoms with E-state index in [0.717, 1.165) is 24.2 Å². The smallest absolute Gasteiger partial charge is 0.374 e. The number of carbonyl (C=O) groups is 1. The van der Waals surface area contributed by atoms with Crippen LogP contribution in [-0.2, 0) is 20.3 Å². The maximum absolute atomic E-state index is 11.1. The molecule has 0 amide bonds. The van der Waals surface area contributed by atoms with E-state index in [0.29, 0.717) is 0 Å². The number of nitrogens with zero attached hydrogens (tertiary/aromatic N) is 1. The van der Waals surface area contributed by atoms with Gasteiger partial charge in [0.1, 0.15) is 0 Å². The zero-order valence-corrected chi connectivity index (χ0v) is 11.9. The fourth-order valence-electron chi connectivity index (χ4n) is 1.69. The summed E-state index contributed by atoms with van der Waals surface area (Å²) in [5, 5.41) is 0. The predicted octanol–water partition coefficient (Wildman–Crippen LogP) is 2.60. The topological polar surface area (TPSA) is 54.5 Å². The standard InChI is InChI=1S/C9H10ClNO2S.C2HF3O.H2/c1-11-5-4-7-6-8(14(10,12)13)2-3-9(7)11;3-2(4,5)1-6;/h2-3,6H,4-5H2,1H3;1H;1H. The van der Waals surface area contributed by atoms with E-state index in [9.17, 15) is 21.6 Å². The van der Waals surface area contributed by atoms with Crippen LogP contribution in [0.25, 0.3) is 0 Å². The molecule has 0 aliphatic carbocycles. The monoisotopic (exact) mass is 331 g/mol. The molecule has 0 saturated carbocycles. The molecule has 1 aromatic rings. The first-order valence-corrected chi connectivity index (χ1v) is 7.67.